The van der Waals surface area contributed by atoms with Crippen LogP contribution in [0.3, 0.4) is 0 Å². The van der Waals surface area contributed by atoms with Crippen molar-refractivity contribution in [3.8, 4) is 5.75 Å². The molecular weight excluding hydrogens is 350 g/mol. The Morgan fingerprint density at radius 1 is 1.12 bits per heavy atom. The van der Waals surface area contributed by atoms with Crippen molar-refractivity contribution in [1.29, 1.82) is 0 Å². The largest absolute Gasteiger partial charge is 0.506 e. The van der Waals surface area contributed by atoms with E-state index in [1.54, 1.807) is 17.5 Å². The molecule has 7 heteroatoms. The van der Waals surface area contributed by atoms with E-state index in [4.69, 9.17) is 0 Å². The van der Waals surface area contributed by atoms with Gasteiger partial charge in [0.05, 0.1) is 12.1 Å². The van der Waals surface area contributed by atoms with Crippen LogP contribution in [-0.2, 0) is 11.2 Å². The molecule has 0 saturated heterocycles. The summed E-state index contributed by atoms with van der Waals surface area (Å²) in [6, 6.07) is 14.3. The maximum Gasteiger partial charge on any atom is 0.275 e. The van der Waals surface area contributed by atoms with E-state index in [9.17, 15) is 14.7 Å². The molecule has 2 amide bonds. The maximum absolute atomic E-state index is 12.3. The highest BCUT2D eigenvalue weighted by molar-refractivity contribution is 7.14. The Morgan fingerprint density at radius 2 is 1.88 bits per heavy atom. The number of aryl methyl sites for hydroxylation is 1. The first kappa shape index (κ1) is 17.6. The minimum atomic E-state index is -0.453. The van der Waals surface area contributed by atoms with Crippen molar-refractivity contribution in [3.05, 3.63) is 70.7 Å². The molecule has 0 spiro atoms. The SMILES string of the molecule is Cc1ccc(O)c(NC(=O)c2csc(NC(=O)Cc3ccccc3)n2)c1. The van der Waals surface area contributed by atoms with Crippen LogP contribution in [-0.4, -0.2) is 21.9 Å². The second kappa shape index (κ2) is 7.79. The molecule has 132 valence electrons. The lowest BCUT2D eigenvalue weighted by atomic mass is 10.1. The van der Waals surface area contributed by atoms with Crippen molar-refractivity contribution < 1.29 is 14.7 Å². The zero-order chi connectivity index (χ0) is 18.5. The van der Waals surface area contributed by atoms with E-state index < -0.39 is 5.91 Å². The van der Waals surface area contributed by atoms with Gasteiger partial charge in [-0.2, -0.15) is 0 Å². The number of hydrogen-bond acceptors (Lipinski definition) is 5. The monoisotopic (exact) mass is 367 g/mol. The first-order valence-electron chi connectivity index (χ1n) is 7.91. The molecule has 0 bridgehead atoms. The fourth-order valence-corrected chi connectivity index (χ4v) is 3.02. The summed E-state index contributed by atoms with van der Waals surface area (Å²) >= 11 is 1.17. The van der Waals surface area contributed by atoms with Crippen LogP contribution in [0.1, 0.15) is 21.6 Å². The Kier molecular flexibility index (Phi) is 5.28. The fraction of sp³-hybridized carbons (Fsp3) is 0.105. The molecule has 26 heavy (non-hydrogen) atoms. The number of benzene rings is 2. The topological polar surface area (TPSA) is 91.3 Å². The molecule has 0 radical (unpaired) electrons. The number of carbonyl (C=O) groups is 2. The van der Waals surface area contributed by atoms with Gasteiger partial charge < -0.3 is 15.7 Å². The Balaban J connectivity index is 1.62. The molecule has 0 aliphatic heterocycles. The summed E-state index contributed by atoms with van der Waals surface area (Å²) in [6.45, 7) is 1.86. The summed E-state index contributed by atoms with van der Waals surface area (Å²) in [5, 5.41) is 17.0. The number of thiazole rings is 1. The standard InChI is InChI=1S/C19H17N3O3S/c1-12-7-8-16(23)14(9-12)20-18(25)15-11-26-19(21-15)22-17(24)10-13-5-3-2-4-6-13/h2-9,11,23H,10H2,1H3,(H,20,25)(H,21,22,24). The number of rotatable bonds is 5. The van der Waals surface area contributed by atoms with Gasteiger partial charge in [-0.15, -0.1) is 11.3 Å². The zero-order valence-corrected chi connectivity index (χ0v) is 14.8. The van der Waals surface area contributed by atoms with Crippen LogP contribution in [0.2, 0.25) is 0 Å². The van der Waals surface area contributed by atoms with Crippen LogP contribution in [0, 0.1) is 6.92 Å². The van der Waals surface area contributed by atoms with Gasteiger partial charge in [-0.3, -0.25) is 9.59 Å². The highest BCUT2D eigenvalue weighted by Crippen LogP contribution is 2.25. The number of aromatic nitrogens is 1. The van der Waals surface area contributed by atoms with Crippen molar-refractivity contribution in [2.45, 2.75) is 13.3 Å². The highest BCUT2D eigenvalue weighted by atomic mass is 32.1. The van der Waals surface area contributed by atoms with Gasteiger partial charge in [-0.25, -0.2) is 4.98 Å². The van der Waals surface area contributed by atoms with E-state index in [0.717, 1.165) is 11.1 Å². The Hall–Kier alpha value is -3.19. The van der Waals surface area contributed by atoms with Gasteiger partial charge in [-0.05, 0) is 30.2 Å². The third-order valence-electron chi connectivity index (χ3n) is 3.59. The third kappa shape index (κ3) is 4.46. The number of phenolic OH excluding ortho intramolecular Hbond substituents is 1. The van der Waals surface area contributed by atoms with Gasteiger partial charge in [0.15, 0.2) is 5.13 Å². The van der Waals surface area contributed by atoms with Gasteiger partial charge in [0, 0.05) is 5.38 Å². The number of hydrogen-bond donors (Lipinski definition) is 3. The van der Waals surface area contributed by atoms with E-state index in [-0.39, 0.29) is 23.8 Å². The molecule has 1 heterocycles. The molecule has 0 saturated carbocycles. The molecule has 0 atom stereocenters. The third-order valence-corrected chi connectivity index (χ3v) is 4.35. The summed E-state index contributed by atoms with van der Waals surface area (Å²) < 4.78 is 0. The summed E-state index contributed by atoms with van der Waals surface area (Å²) in [7, 11) is 0. The first-order valence-corrected chi connectivity index (χ1v) is 8.79. The second-order valence-electron chi connectivity index (χ2n) is 5.72. The number of anilines is 2. The summed E-state index contributed by atoms with van der Waals surface area (Å²) in [5.74, 6) is -0.671. The predicted octanol–water partition coefficient (Wildman–Crippen LogP) is 3.59. The van der Waals surface area contributed by atoms with Crippen LogP contribution in [0.4, 0.5) is 10.8 Å². The van der Waals surface area contributed by atoms with Crippen molar-refractivity contribution in [1.82, 2.24) is 4.98 Å². The van der Waals surface area contributed by atoms with E-state index >= 15 is 0 Å². The summed E-state index contributed by atoms with van der Waals surface area (Å²) in [6.07, 6.45) is 0.235. The lowest BCUT2D eigenvalue weighted by Gasteiger charge is -2.06. The van der Waals surface area contributed by atoms with Crippen molar-refractivity contribution >= 4 is 34.0 Å². The predicted molar refractivity (Wildman–Crippen MR) is 102 cm³/mol. The summed E-state index contributed by atoms with van der Waals surface area (Å²) in [4.78, 5) is 28.5. The molecule has 1 aromatic heterocycles. The number of phenols is 1. The van der Waals surface area contributed by atoms with E-state index in [1.165, 1.54) is 17.4 Å². The molecule has 0 fully saturated rings. The smallest absolute Gasteiger partial charge is 0.275 e. The van der Waals surface area contributed by atoms with Crippen LogP contribution >= 0.6 is 11.3 Å². The van der Waals surface area contributed by atoms with Crippen LogP contribution < -0.4 is 10.6 Å². The molecule has 6 nitrogen and oxygen atoms in total. The average Bonchev–Trinajstić information content (AvgIpc) is 3.07. The second-order valence-corrected chi connectivity index (χ2v) is 6.58. The maximum atomic E-state index is 12.3. The number of nitrogens with one attached hydrogen (secondary N) is 2. The van der Waals surface area contributed by atoms with Gasteiger partial charge in [0.25, 0.3) is 5.91 Å². The molecule has 2 aromatic carbocycles. The van der Waals surface area contributed by atoms with Gasteiger partial charge in [0.2, 0.25) is 5.91 Å². The van der Waals surface area contributed by atoms with Crippen LogP contribution in [0.25, 0.3) is 0 Å². The van der Waals surface area contributed by atoms with Gasteiger partial charge in [-0.1, -0.05) is 36.4 Å². The number of amides is 2. The van der Waals surface area contributed by atoms with E-state index in [1.807, 2.05) is 37.3 Å². The minimum absolute atomic E-state index is 0.0180. The number of carbonyl (C=O) groups excluding carboxylic acids is 2. The highest BCUT2D eigenvalue weighted by Gasteiger charge is 2.14. The Morgan fingerprint density at radius 3 is 2.65 bits per heavy atom. The van der Waals surface area contributed by atoms with Gasteiger partial charge in [0.1, 0.15) is 11.4 Å². The van der Waals surface area contributed by atoms with E-state index in [2.05, 4.69) is 15.6 Å². The van der Waals surface area contributed by atoms with Crippen molar-refractivity contribution in [2.75, 3.05) is 10.6 Å². The number of aromatic hydroxyl groups is 1. The summed E-state index contributed by atoms with van der Waals surface area (Å²) in [5.41, 5.74) is 2.29. The molecule has 0 aliphatic carbocycles. The van der Waals surface area contributed by atoms with Crippen LogP contribution in [0.15, 0.2) is 53.9 Å². The fourth-order valence-electron chi connectivity index (χ4n) is 2.32. The molecular formula is C19H17N3O3S. The quantitative estimate of drug-likeness (QED) is 0.601. The lowest BCUT2D eigenvalue weighted by molar-refractivity contribution is -0.115. The molecule has 3 aromatic rings. The molecule has 3 N–H and O–H groups in total. The van der Waals surface area contributed by atoms with Gasteiger partial charge >= 0.3 is 0 Å². The normalized spacial score (nSPS) is 10.3. The lowest BCUT2D eigenvalue weighted by Crippen LogP contribution is -2.15. The molecule has 0 unspecified atom stereocenters. The molecule has 0 aliphatic rings. The molecule has 3 rings (SSSR count). The zero-order valence-electron chi connectivity index (χ0n) is 14.0. The first-order chi connectivity index (χ1) is 12.5. The van der Waals surface area contributed by atoms with Crippen molar-refractivity contribution in [2.24, 2.45) is 0 Å². The number of nitrogens with zero attached hydrogens (tertiary/aromatic N) is 1. The Bertz CT molecular complexity index is 938. The van der Waals surface area contributed by atoms with Crippen LogP contribution in [0.5, 0.6) is 5.75 Å². The Labute approximate surface area is 154 Å². The van der Waals surface area contributed by atoms with E-state index in [0.29, 0.717) is 10.8 Å². The average molecular weight is 367 g/mol. The minimum Gasteiger partial charge on any atom is -0.506 e. The van der Waals surface area contributed by atoms with Crippen molar-refractivity contribution in [3.63, 3.8) is 0 Å².